The Balaban J connectivity index is 1.54. The average Bonchev–Trinajstić information content (AvgIpc) is 3.45. The molecule has 0 aliphatic heterocycles. The number of hydrogen-bond acceptors (Lipinski definition) is 6. The van der Waals surface area contributed by atoms with Crippen molar-refractivity contribution in [2.45, 2.75) is 13.0 Å². The van der Waals surface area contributed by atoms with Crippen LogP contribution in [0.15, 0.2) is 66.3 Å². The largest absolute Gasteiger partial charge is 0.378 e. The van der Waals surface area contributed by atoms with Gasteiger partial charge in [-0.15, -0.1) is 11.3 Å². The first-order chi connectivity index (χ1) is 14.8. The number of amides is 1. The highest BCUT2D eigenvalue weighted by Gasteiger charge is 2.20. The quantitative estimate of drug-likeness (QED) is 0.473. The minimum Gasteiger partial charge on any atom is -0.378 e. The molecule has 1 amide bonds. The number of thiophene rings is 1. The first-order valence-corrected chi connectivity index (χ1v) is 10.4. The third kappa shape index (κ3) is 4.45. The molecular formula is C22H21N5O2S. The van der Waals surface area contributed by atoms with Crippen LogP contribution >= 0.6 is 11.3 Å². The molecule has 0 unspecified atom stereocenters. The Morgan fingerprint density at radius 2 is 2.03 bits per heavy atom. The van der Waals surface area contributed by atoms with E-state index in [4.69, 9.17) is 4.74 Å². The van der Waals surface area contributed by atoms with Crippen LogP contribution in [-0.4, -0.2) is 39.3 Å². The fourth-order valence-electron chi connectivity index (χ4n) is 3.08. The van der Waals surface area contributed by atoms with E-state index in [1.54, 1.807) is 29.3 Å². The number of methoxy groups -OCH3 is 1. The maximum Gasteiger partial charge on any atom is 0.254 e. The number of ether oxygens (including phenoxy) is 1. The minimum atomic E-state index is -0.196. The molecule has 4 rings (SSSR count). The Morgan fingerprint density at radius 1 is 1.17 bits per heavy atom. The Labute approximate surface area is 178 Å². The Kier molecular flexibility index (Phi) is 6.26. The highest BCUT2D eigenvalue weighted by Crippen LogP contribution is 2.23. The summed E-state index contributed by atoms with van der Waals surface area (Å²) >= 11 is 1.60. The molecule has 152 valence electrons. The zero-order valence-electron chi connectivity index (χ0n) is 16.5. The van der Waals surface area contributed by atoms with Crippen molar-refractivity contribution in [2.75, 3.05) is 13.7 Å². The summed E-state index contributed by atoms with van der Waals surface area (Å²) in [5, 5.41) is 9.33. The second-order valence-corrected chi connectivity index (χ2v) is 7.51. The van der Waals surface area contributed by atoms with Crippen LogP contribution in [-0.2, 0) is 17.8 Å². The van der Waals surface area contributed by atoms with E-state index in [1.807, 2.05) is 53.9 Å². The highest BCUT2D eigenvalue weighted by atomic mass is 32.1. The zero-order chi connectivity index (χ0) is 20.8. The van der Waals surface area contributed by atoms with E-state index in [0.29, 0.717) is 23.8 Å². The lowest BCUT2D eigenvalue weighted by Crippen LogP contribution is -2.26. The predicted molar refractivity (Wildman–Crippen MR) is 116 cm³/mol. The summed E-state index contributed by atoms with van der Waals surface area (Å²) in [6.07, 6.45) is 3.98. The molecule has 1 aromatic carbocycles. The van der Waals surface area contributed by atoms with Crippen molar-refractivity contribution in [1.29, 1.82) is 0 Å². The smallest absolute Gasteiger partial charge is 0.254 e. The summed E-state index contributed by atoms with van der Waals surface area (Å²) < 4.78 is 6.88. The van der Waals surface area contributed by atoms with Crippen LogP contribution in [0.5, 0.6) is 0 Å². The van der Waals surface area contributed by atoms with E-state index in [1.165, 1.54) is 11.8 Å². The number of benzene rings is 1. The molecule has 3 aromatic heterocycles. The number of aromatic nitrogens is 4. The summed E-state index contributed by atoms with van der Waals surface area (Å²) in [4.78, 5) is 22.8. The second kappa shape index (κ2) is 9.43. The van der Waals surface area contributed by atoms with E-state index in [0.717, 1.165) is 17.0 Å². The van der Waals surface area contributed by atoms with Crippen LogP contribution in [0.4, 0.5) is 0 Å². The predicted octanol–water partition coefficient (Wildman–Crippen LogP) is 3.51. The number of nitrogens with zero attached hydrogens (tertiary/aromatic N) is 4. The molecule has 30 heavy (non-hydrogen) atoms. The average molecular weight is 420 g/mol. The number of nitrogens with one attached hydrogen (secondary N) is 1. The van der Waals surface area contributed by atoms with Gasteiger partial charge in [0, 0.05) is 19.9 Å². The molecular weight excluding hydrogens is 398 g/mol. The molecule has 8 heteroatoms. The van der Waals surface area contributed by atoms with Gasteiger partial charge in [-0.3, -0.25) is 4.79 Å². The summed E-state index contributed by atoms with van der Waals surface area (Å²) in [5.74, 6) is 0.204. The Hall–Kier alpha value is -3.36. The third-order valence-corrected chi connectivity index (χ3v) is 5.43. The summed E-state index contributed by atoms with van der Waals surface area (Å²) in [5.41, 5.74) is 3.04. The number of rotatable bonds is 8. The molecule has 0 atom stereocenters. The molecule has 0 saturated carbocycles. The van der Waals surface area contributed by atoms with Gasteiger partial charge in [0.1, 0.15) is 0 Å². The van der Waals surface area contributed by atoms with Crippen LogP contribution in [0.2, 0.25) is 0 Å². The highest BCUT2D eigenvalue weighted by molar-refractivity contribution is 7.13. The summed E-state index contributed by atoms with van der Waals surface area (Å²) in [6.45, 7) is 0.749. The van der Waals surface area contributed by atoms with Crippen LogP contribution in [0.1, 0.15) is 21.6 Å². The van der Waals surface area contributed by atoms with E-state index in [-0.39, 0.29) is 12.5 Å². The molecule has 1 N–H and O–H groups in total. The summed E-state index contributed by atoms with van der Waals surface area (Å²) in [7, 11) is 1.58. The van der Waals surface area contributed by atoms with Crippen molar-refractivity contribution in [2.24, 2.45) is 0 Å². The molecule has 0 fully saturated rings. The van der Waals surface area contributed by atoms with E-state index >= 15 is 0 Å². The molecule has 0 saturated heterocycles. The SMILES string of the molecule is COCc1c(C(=O)NCCc2ccccc2)cnn1-c1nccc(-c2cccs2)n1. The van der Waals surface area contributed by atoms with Crippen molar-refractivity contribution < 1.29 is 9.53 Å². The van der Waals surface area contributed by atoms with Crippen LogP contribution in [0.25, 0.3) is 16.5 Å². The number of carbonyl (C=O) groups excluding carboxylic acids is 1. The van der Waals surface area contributed by atoms with Gasteiger partial charge in [0.25, 0.3) is 11.9 Å². The topological polar surface area (TPSA) is 81.9 Å². The third-order valence-electron chi connectivity index (χ3n) is 4.54. The lowest BCUT2D eigenvalue weighted by Gasteiger charge is -2.09. The van der Waals surface area contributed by atoms with Gasteiger partial charge in [-0.2, -0.15) is 9.78 Å². The van der Waals surface area contributed by atoms with Gasteiger partial charge < -0.3 is 10.1 Å². The molecule has 3 heterocycles. The van der Waals surface area contributed by atoms with Crippen LogP contribution in [0.3, 0.4) is 0 Å². The Bertz CT molecular complexity index is 1110. The van der Waals surface area contributed by atoms with Gasteiger partial charge in [-0.05, 0) is 29.5 Å². The van der Waals surface area contributed by atoms with E-state index in [9.17, 15) is 4.79 Å². The first-order valence-electron chi connectivity index (χ1n) is 9.51. The normalized spacial score (nSPS) is 10.8. The monoisotopic (exact) mass is 419 g/mol. The molecule has 0 aliphatic rings. The van der Waals surface area contributed by atoms with Gasteiger partial charge >= 0.3 is 0 Å². The fourth-order valence-corrected chi connectivity index (χ4v) is 3.78. The maximum absolute atomic E-state index is 12.8. The van der Waals surface area contributed by atoms with Gasteiger partial charge in [0.15, 0.2) is 0 Å². The molecule has 0 spiro atoms. The molecule has 0 aliphatic carbocycles. The van der Waals surface area contributed by atoms with Gasteiger partial charge in [-0.25, -0.2) is 9.97 Å². The van der Waals surface area contributed by atoms with Crippen molar-refractivity contribution in [1.82, 2.24) is 25.1 Å². The molecule has 0 radical (unpaired) electrons. The second-order valence-electron chi connectivity index (χ2n) is 6.56. The van der Waals surface area contributed by atoms with Crippen molar-refractivity contribution in [3.8, 4) is 16.5 Å². The van der Waals surface area contributed by atoms with Crippen LogP contribution < -0.4 is 5.32 Å². The fraction of sp³-hybridized carbons (Fsp3) is 0.182. The molecule has 0 bridgehead atoms. The van der Waals surface area contributed by atoms with Gasteiger partial charge in [-0.1, -0.05) is 36.4 Å². The first kappa shape index (κ1) is 19.9. The van der Waals surface area contributed by atoms with Gasteiger partial charge in [0.2, 0.25) is 0 Å². The van der Waals surface area contributed by atoms with Crippen LogP contribution in [0, 0.1) is 0 Å². The van der Waals surface area contributed by atoms with Gasteiger partial charge in [0.05, 0.1) is 34.6 Å². The lowest BCUT2D eigenvalue weighted by molar-refractivity contribution is 0.0948. The lowest BCUT2D eigenvalue weighted by atomic mass is 10.1. The van der Waals surface area contributed by atoms with Crippen molar-refractivity contribution in [3.05, 3.63) is 83.1 Å². The van der Waals surface area contributed by atoms with E-state index < -0.39 is 0 Å². The Morgan fingerprint density at radius 3 is 2.80 bits per heavy atom. The molecule has 7 nitrogen and oxygen atoms in total. The van der Waals surface area contributed by atoms with E-state index in [2.05, 4.69) is 20.4 Å². The van der Waals surface area contributed by atoms with Crippen molar-refractivity contribution >= 4 is 17.2 Å². The standard InChI is InChI=1S/C22H21N5O2S/c1-29-15-19-17(21(28)23-11-9-16-6-3-2-4-7-16)14-25-27(19)22-24-12-10-18(26-22)20-8-5-13-30-20/h2-8,10,12-14H,9,11,15H2,1H3,(H,23,28). The minimum absolute atomic E-state index is 0.196. The maximum atomic E-state index is 12.8. The summed E-state index contributed by atoms with van der Waals surface area (Å²) in [6, 6.07) is 15.9. The number of hydrogen-bond donors (Lipinski definition) is 1. The molecule has 4 aromatic rings. The number of carbonyl (C=O) groups is 1. The van der Waals surface area contributed by atoms with Crippen molar-refractivity contribution in [3.63, 3.8) is 0 Å². The zero-order valence-corrected chi connectivity index (χ0v) is 17.3.